The van der Waals surface area contributed by atoms with Crippen molar-refractivity contribution in [3.05, 3.63) is 35.4 Å². The Kier molecular flexibility index (Phi) is 5.03. The molecule has 2 aromatic rings. The minimum atomic E-state index is -0.634. The Hall–Kier alpha value is -1.79. The summed E-state index contributed by atoms with van der Waals surface area (Å²) in [7, 11) is 0. The third-order valence-electron chi connectivity index (χ3n) is 4.24. The molecule has 0 saturated carbocycles. The molecule has 0 bridgehead atoms. The molecule has 1 aliphatic rings. The lowest BCUT2D eigenvalue weighted by atomic mass is 10.0. The van der Waals surface area contributed by atoms with Gasteiger partial charge in [-0.15, -0.1) is 0 Å². The molecule has 3 heterocycles. The largest absolute Gasteiger partial charge is 0.467 e. The number of aromatic nitrogens is 2. The second kappa shape index (κ2) is 7.19. The van der Waals surface area contributed by atoms with E-state index in [1.54, 1.807) is 24.5 Å². The van der Waals surface area contributed by atoms with Gasteiger partial charge in [-0.2, -0.15) is 4.98 Å². The van der Waals surface area contributed by atoms with Crippen molar-refractivity contribution >= 4 is 23.4 Å². The average molecular weight is 337 g/mol. The van der Waals surface area contributed by atoms with Gasteiger partial charge in [-0.05, 0) is 25.0 Å². The molecule has 0 radical (unpaired) electrons. The zero-order valence-electron chi connectivity index (χ0n) is 12.9. The predicted octanol–water partition coefficient (Wildman–Crippen LogP) is 3.18. The third kappa shape index (κ3) is 3.95. The Morgan fingerprint density at radius 2 is 2.26 bits per heavy atom. The van der Waals surface area contributed by atoms with Crippen molar-refractivity contribution in [1.82, 2.24) is 9.97 Å². The molecule has 7 heteroatoms. The number of furan rings is 1. The van der Waals surface area contributed by atoms with Gasteiger partial charge in [0.25, 0.3) is 0 Å². The standard InChI is InChI=1S/C16H21ClN4O2/c17-14-10-15(20-16(18)19-14)21-7-3-1-2-5-11(21)9-12(22)13-6-4-8-23-13/h4,6,8,10-12,22H,1-3,5,7,9H2,(H2,18,19,20)/t11-,12+/m1/s1. The van der Waals surface area contributed by atoms with E-state index in [4.69, 9.17) is 21.8 Å². The molecule has 3 N–H and O–H groups in total. The van der Waals surface area contributed by atoms with Gasteiger partial charge in [0.05, 0.1) is 6.26 Å². The first kappa shape index (κ1) is 16.1. The summed E-state index contributed by atoms with van der Waals surface area (Å²) in [5, 5.41) is 10.8. The number of nitrogens with two attached hydrogens (primary N) is 1. The van der Waals surface area contributed by atoms with Crippen LogP contribution in [0.2, 0.25) is 5.15 Å². The van der Waals surface area contributed by atoms with E-state index in [-0.39, 0.29) is 12.0 Å². The summed E-state index contributed by atoms with van der Waals surface area (Å²) >= 11 is 6.02. The summed E-state index contributed by atoms with van der Waals surface area (Å²) in [6, 6.07) is 5.47. The third-order valence-corrected chi connectivity index (χ3v) is 4.43. The summed E-state index contributed by atoms with van der Waals surface area (Å²) in [5.41, 5.74) is 5.73. The van der Waals surface area contributed by atoms with Crippen LogP contribution in [0.1, 0.15) is 44.0 Å². The topological polar surface area (TPSA) is 88.4 Å². The van der Waals surface area contributed by atoms with Crippen LogP contribution in [0, 0.1) is 0 Å². The van der Waals surface area contributed by atoms with Gasteiger partial charge < -0.3 is 20.2 Å². The van der Waals surface area contributed by atoms with E-state index in [9.17, 15) is 5.11 Å². The number of hydrogen-bond acceptors (Lipinski definition) is 6. The Bertz CT molecular complexity index is 615. The van der Waals surface area contributed by atoms with Crippen molar-refractivity contribution in [3.63, 3.8) is 0 Å². The van der Waals surface area contributed by atoms with Crippen LogP contribution in [0.15, 0.2) is 28.9 Å². The van der Waals surface area contributed by atoms with Crippen LogP contribution < -0.4 is 10.6 Å². The quantitative estimate of drug-likeness (QED) is 0.834. The molecular formula is C16H21ClN4O2. The van der Waals surface area contributed by atoms with Crippen LogP contribution in [0.4, 0.5) is 11.8 Å². The van der Waals surface area contributed by atoms with Crippen LogP contribution in [-0.4, -0.2) is 27.7 Å². The molecule has 6 nitrogen and oxygen atoms in total. The van der Waals surface area contributed by atoms with E-state index in [0.29, 0.717) is 17.3 Å². The molecule has 0 unspecified atom stereocenters. The average Bonchev–Trinajstić information content (AvgIpc) is 2.94. The first-order valence-electron chi connectivity index (χ1n) is 7.91. The van der Waals surface area contributed by atoms with Gasteiger partial charge in [-0.3, -0.25) is 0 Å². The van der Waals surface area contributed by atoms with E-state index in [2.05, 4.69) is 14.9 Å². The molecule has 1 fully saturated rings. The fourth-order valence-electron chi connectivity index (χ4n) is 3.15. The van der Waals surface area contributed by atoms with E-state index in [1.807, 2.05) is 0 Å². The van der Waals surface area contributed by atoms with Gasteiger partial charge in [0.1, 0.15) is 22.8 Å². The van der Waals surface area contributed by atoms with Crippen molar-refractivity contribution in [2.45, 2.75) is 44.2 Å². The molecule has 2 atom stereocenters. The minimum Gasteiger partial charge on any atom is -0.467 e. The minimum absolute atomic E-state index is 0.156. The highest BCUT2D eigenvalue weighted by Gasteiger charge is 2.26. The second-order valence-corrected chi connectivity index (χ2v) is 6.26. The first-order chi connectivity index (χ1) is 11.1. The van der Waals surface area contributed by atoms with Crippen LogP contribution >= 0.6 is 11.6 Å². The number of halogens is 1. The Morgan fingerprint density at radius 1 is 1.39 bits per heavy atom. The number of rotatable bonds is 4. The molecule has 1 saturated heterocycles. The Balaban J connectivity index is 1.82. The van der Waals surface area contributed by atoms with E-state index < -0.39 is 6.10 Å². The molecule has 124 valence electrons. The number of aliphatic hydroxyl groups is 1. The van der Waals surface area contributed by atoms with Gasteiger partial charge in [-0.25, -0.2) is 4.98 Å². The van der Waals surface area contributed by atoms with Crippen molar-refractivity contribution in [2.24, 2.45) is 0 Å². The molecule has 1 aliphatic heterocycles. The lowest BCUT2D eigenvalue weighted by Gasteiger charge is -2.32. The maximum absolute atomic E-state index is 10.4. The van der Waals surface area contributed by atoms with Gasteiger partial charge in [0.15, 0.2) is 0 Å². The Labute approximate surface area is 140 Å². The van der Waals surface area contributed by atoms with Crippen LogP contribution in [-0.2, 0) is 0 Å². The van der Waals surface area contributed by atoms with Crippen LogP contribution in [0.5, 0.6) is 0 Å². The monoisotopic (exact) mass is 336 g/mol. The first-order valence-corrected chi connectivity index (χ1v) is 8.29. The maximum Gasteiger partial charge on any atom is 0.223 e. The van der Waals surface area contributed by atoms with Crippen LogP contribution in [0.25, 0.3) is 0 Å². The van der Waals surface area contributed by atoms with E-state index in [0.717, 1.165) is 38.0 Å². The summed E-state index contributed by atoms with van der Waals surface area (Å²) in [4.78, 5) is 10.4. The molecule has 2 aromatic heterocycles. The van der Waals surface area contributed by atoms with Crippen molar-refractivity contribution in [3.8, 4) is 0 Å². The SMILES string of the molecule is Nc1nc(Cl)cc(N2CCCCC[C@@H]2C[C@H](O)c2ccco2)n1. The number of aliphatic hydroxyl groups excluding tert-OH is 1. The fourth-order valence-corrected chi connectivity index (χ4v) is 3.33. The van der Waals surface area contributed by atoms with Crippen molar-refractivity contribution in [2.75, 3.05) is 17.2 Å². The number of nitrogens with zero attached hydrogens (tertiary/aromatic N) is 3. The number of hydrogen-bond donors (Lipinski definition) is 2. The zero-order valence-corrected chi connectivity index (χ0v) is 13.6. The predicted molar refractivity (Wildman–Crippen MR) is 89.3 cm³/mol. The fraction of sp³-hybridized carbons (Fsp3) is 0.500. The Morgan fingerprint density at radius 3 is 3.00 bits per heavy atom. The van der Waals surface area contributed by atoms with Crippen molar-refractivity contribution < 1.29 is 9.52 Å². The van der Waals surface area contributed by atoms with E-state index >= 15 is 0 Å². The normalized spacial score (nSPS) is 20.3. The molecule has 0 aromatic carbocycles. The smallest absolute Gasteiger partial charge is 0.223 e. The van der Waals surface area contributed by atoms with Crippen LogP contribution in [0.3, 0.4) is 0 Å². The van der Waals surface area contributed by atoms with E-state index in [1.165, 1.54) is 0 Å². The van der Waals surface area contributed by atoms with Gasteiger partial charge in [0.2, 0.25) is 5.95 Å². The van der Waals surface area contributed by atoms with Crippen molar-refractivity contribution in [1.29, 1.82) is 0 Å². The summed E-state index contributed by atoms with van der Waals surface area (Å²) in [5.74, 6) is 1.48. The molecule has 0 aliphatic carbocycles. The molecule has 23 heavy (non-hydrogen) atoms. The lowest BCUT2D eigenvalue weighted by Crippen LogP contribution is -2.37. The summed E-state index contributed by atoms with van der Waals surface area (Å²) < 4.78 is 5.31. The van der Waals surface area contributed by atoms with Gasteiger partial charge in [-0.1, -0.05) is 24.4 Å². The second-order valence-electron chi connectivity index (χ2n) is 5.87. The molecule has 3 rings (SSSR count). The molecular weight excluding hydrogens is 316 g/mol. The number of nitrogen functional groups attached to an aromatic ring is 1. The molecule has 0 spiro atoms. The highest BCUT2D eigenvalue weighted by molar-refractivity contribution is 6.29. The summed E-state index contributed by atoms with van der Waals surface area (Å²) in [6.07, 6.45) is 5.88. The van der Waals surface area contributed by atoms with Gasteiger partial charge >= 0.3 is 0 Å². The maximum atomic E-state index is 10.4. The highest BCUT2D eigenvalue weighted by Crippen LogP contribution is 2.30. The molecule has 0 amide bonds. The highest BCUT2D eigenvalue weighted by atomic mass is 35.5. The summed E-state index contributed by atoms with van der Waals surface area (Å²) in [6.45, 7) is 0.863. The lowest BCUT2D eigenvalue weighted by molar-refractivity contribution is 0.129. The number of anilines is 2. The van der Waals surface area contributed by atoms with Gasteiger partial charge in [0, 0.05) is 25.1 Å². The zero-order chi connectivity index (χ0) is 16.2.